The average Bonchev–Trinajstić information content (AvgIpc) is 2.71. The highest BCUT2D eigenvalue weighted by molar-refractivity contribution is 5.94. The number of carbonyl (C=O) groups is 1. The predicted molar refractivity (Wildman–Crippen MR) is 116 cm³/mol. The van der Waals surface area contributed by atoms with Gasteiger partial charge in [0.25, 0.3) is 5.56 Å². The number of rotatable bonds is 4. The summed E-state index contributed by atoms with van der Waals surface area (Å²) in [5, 5.41) is 0. The van der Waals surface area contributed by atoms with E-state index in [4.69, 9.17) is 0 Å². The Bertz CT molecular complexity index is 1110. The minimum atomic E-state index is -0.108. The van der Waals surface area contributed by atoms with Crippen LogP contribution in [0.1, 0.15) is 34.1 Å². The number of carbonyl (C=O) groups excluding carboxylic acids is 1. The summed E-state index contributed by atoms with van der Waals surface area (Å²) in [6.45, 7) is 9.71. The third-order valence-corrected chi connectivity index (χ3v) is 5.76. The van der Waals surface area contributed by atoms with Gasteiger partial charge in [0.1, 0.15) is 5.69 Å². The number of nitrogens with one attached hydrogen (secondary N) is 1. The summed E-state index contributed by atoms with van der Waals surface area (Å²) in [5.41, 5.74) is 6.28. The van der Waals surface area contributed by atoms with Crippen molar-refractivity contribution >= 4 is 22.5 Å². The van der Waals surface area contributed by atoms with E-state index in [2.05, 4.69) is 26.7 Å². The van der Waals surface area contributed by atoms with Crippen LogP contribution in [0.5, 0.6) is 0 Å². The van der Waals surface area contributed by atoms with Gasteiger partial charge in [-0.2, -0.15) is 0 Å². The van der Waals surface area contributed by atoms with E-state index in [1.165, 1.54) is 5.56 Å². The van der Waals surface area contributed by atoms with Crippen LogP contribution in [0.4, 0.5) is 5.69 Å². The number of benzene rings is 2. The summed E-state index contributed by atoms with van der Waals surface area (Å²) in [6, 6.07) is 11.8. The normalized spacial score (nSPS) is 15.1. The van der Waals surface area contributed by atoms with E-state index in [-0.39, 0.29) is 11.3 Å². The van der Waals surface area contributed by atoms with Crippen LogP contribution in [0.25, 0.3) is 11.0 Å². The SMILES string of the molecule is CC(=O)c1ccc(N2CCN(Cc3nc4cc(C)c(C)cc4[nH]c3=O)CC2)cc1. The number of hydrogen-bond donors (Lipinski definition) is 1. The summed E-state index contributed by atoms with van der Waals surface area (Å²) in [7, 11) is 0. The van der Waals surface area contributed by atoms with Gasteiger partial charge in [0.2, 0.25) is 0 Å². The Balaban J connectivity index is 1.44. The molecule has 0 aliphatic carbocycles. The third kappa shape index (κ3) is 4.07. The minimum Gasteiger partial charge on any atom is -0.369 e. The van der Waals surface area contributed by atoms with Crippen molar-refractivity contribution in [2.75, 3.05) is 31.1 Å². The molecule has 0 amide bonds. The number of aromatic amines is 1. The van der Waals surface area contributed by atoms with Crippen LogP contribution in [0.3, 0.4) is 0 Å². The molecule has 1 fully saturated rings. The summed E-state index contributed by atoms with van der Waals surface area (Å²) in [5.74, 6) is 0.0832. The zero-order valence-electron chi connectivity index (χ0n) is 17.2. The molecule has 0 bridgehead atoms. The molecule has 2 aromatic carbocycles. The Kier molecular flexibility index (Phi) is 5.20. The van der Waals surface area contributed by atoms with Gasteiger partial charge in [0, 0.05) is 44.0 Å². The first kappa shape index (κ1) is 19.3. The van der Waals surface area contributed by atoms with Crippen molar-refractivity contribution in [3.05, 3.63) is 69.1 Å². The number of ketones is 1. The summed E-state index contributed by atoms with van der Waals surface area (Å²) in [4.78, 5) is 36.1. The Morgan fingerprint density at radius 2 is 1.69 bits per heavy atom. The molecule has 4 rings (SSSR count). The van der Waals surface area contributed by atoms with Gasteiger partial charge in [-0.3, -0.25) is 14.5 Å². The van der Waals surface area contributed by atoms with Gasteiger partial charge < -0.3 is 9.88 Å². The number of fused-ring (bicyclic) bond motifs is 1. The van der Waals surface area contributed by atoms with Crippen molar-refractivity contribution < 1.29 is 4.79 Å². The maximum absolute atomic E-state index is 12.5. The van der Waals surface area contributed by atoms with Crippen molar-refractivity contribution in [2.24, 2.45) is 0 Å². The lowest BCUT2D eigenvalue weighted by atomic mass is 10.1. The van der Waals surface area contributed by atoms with E-state index in [1.54, 1.807) is 6.92 Å². The fraction of sp³-hybridized carbons (Fsp3) is 0.348. The van der Waals surface area contributed by atoms with Gasteiger partial charge in [-0.25, -0.2) is 4.98 Å². The lowest BCUT2D eigenvalue weighted by Gasteiger charge is -2.35. The standard InChI is InChI=1S/C23H26N4O2/c1-15-12-20-21(13-16(15)2)25-23(29)22(24-20)14-26-8-10-27(11-9-26)19-6-4-18(5-7-19)17(3)28/h4-7,12-13H,8-11,14H2,1-3H3,(H,25,29). The molecule has 6 heteroatoms. The van der Waals surface area contributed by atoms with Crippen molar-refractivity contribution in [3.63, 3.8) is 0 Å². The van der Waals surface area contributed by atoms with Crippen LogP contribution in [-0.4, -0.2) is 46.8 Å². The molecular formula is C23H26N4O2. The summed E-state index contributed by atoms with van der Waals surface area (Å²) < 4.78 is 0. The Labute approximate surface area is 170 Å². The van der Waals surface area contributed by atoms with Crippen LogP contribution in [0.15, 0.2) is 41.2 Å². The molecule has 6 nitrogen and oxygen atoms in total. The average molecular weight is 390 g/mol. The number of piperazine rings is 1. The van der Waals surface area contributed by atoms with Crippen LogP contribution in [-0.2, 0) is 6.54 Å². The Hall–Kier alpha value is -2.99. The van der Waals surface area contributed by atoms with Gasteiger partial charge in [-0.1, -0.05) is 0 Å². The lowest BCUT2D eigenvalue weighted by molar-refractivity contribution is 0.101. The molecular weight excluding hydrogens is 364 g/mol. The second-order valence-electron chi connectivity index (χ2n) is 7.83. The highest BCUT2D eigenvalue weighted by Gasteiger charge is 2.19. The van der Waals surface area contributed by atoms with Crippen molar-refractivity contribution in [1.29, 1.82) is 0 Å². The number of aromatic nitrogens is 2. The highest BCUT2D eigenvalue weighted by atomic mass is 16.1. The van der Waals surface area contributed by atoms with Gasteiger partial charge in [-0.15, -0.1) is 0 Å². The molecule has 0 unspecified atom stereocenters. The number of hydrogen-bond acceptors (Lipinski definition) is 5. The molecule has 0 spiro atoms. The number of aryl methyl sites for hydroxylation is 2. The zero-order valence-corrected chi connectivity index (χ0v) is 17.2. The third-order valence-electron chi connectivity index (χ3n) is 5.76. The monoisotopic (exact) mass is 390 g/mol. The van der Waals surface area contributed by atoms with Crippen molar-refractivity contribution in [3.8, 4) is 0 Å². The second kappa shape index (κ2) is 7.79. The van der Waals surface area contributed by atoms with E-state index in [1.807, 2.05) is 43.3 Å². The van der Waals surface area contributed by atoms with Crippen LogP contribution in [0, 0.1) is 13.8 Å². The minimum absolute atomic E-state index is 0.0832. The largest absolute Gasteiger partial charge is 0.369 e. The molecule has 150 valence electrons. The molecule has 1 aliphatic rings. The van der Waals surface area contributed by atoms with E-state index in [0.29, 0.717) is 12.2 Å². The molecule has 1 saturated heterocycles. The maximum atomic E-state index is 12.5. The predicted octanol–water partition coefficient (Wildman–Crippen LogP) is 3.06. The molecule has 1 N–H and O–H groups in total. The van der Waals surface area contributed by atoms with Crippen LogP contribution in [0.2, 0.25) is 0 Å². The maximum Gasteiger partial charge on any atom is 0.271 e. The van der Waals surface area contributed by atoms with Crippen LogP contribution >= 0.6 is 0 Å². The first-order valence-corrected chi connectivity index (χ1v) is 9.99. The fourth-order valence-electron chi connectivity index (χ4n) is 3.77. The fourth-order valence-corrected chi connectivity index (χ4v) is 3.77. The summed E-state index contributed by atoms with van der Waals surface area (Å²) in [6.07, 6.45) is 0. The first-order chi connectivity index (χ1) is 13.9. The van der Waals surface area contributed by atoms with E-state index >= 15 is 0 Å². The molecule has 0 saturated carbocycles. The van der Waals surface area contributed by atoms with Crippen LogP contribution < -0.4 is 10.5 Å². The molecule has 29 heavy (non-hydrogen) atoms. The smallest absolute Gasteiger partial charge is 0.271 e. The van der Waals surface area contributed by atoms with Gasteiger partial charge in [0.05, 0.1) is 11.0 Å². The molecule has 0 radical (unpaired) electrons. The highest BCUT2D eigenvalue weighted by Crippen LogP contribution is 2.19. The van der Waals surface area contributed by atoms with Crippen molar-refractivity contribution in [1.82, 2.24) is 14.9 Å². The number of H-pyrrole nitrogens is 1. The molecule has 0 atom stereocenters. The molecule has 1 aromatic heterocycles. The number of anilines is 1. The van der Waals surface area contributed by atoms with E-state index in [9.17, 15) is 9.59 Å². The second-order valence-corrected chi connectivity index (χ2v) is 7.83. The van der Waals surface area contributed by atoms with Gasteiger partial charge >= 0.3 is 0 Å². The Morgan fingerprint density at radius 3 is 2.34 bits per heavy atom. The van der Waals surface area contributed by atoms with Gasteiger partial charge in [0.15, 0.2) is 5.78 Å². The lowest BCUT2D eigenvalue weighted by Crippen LogP contribution is -2.46. The van der Waals surface area contributed by atoms with E-state index < -0.39 is 0 Å². The number of Topliss-reactive ketones (excluding diaryl/α,β-unsaturated/α-hetero) is 1. The summed E-state index contributed by atoms with van der Waals surface area (Å²) >= 11 is 0. The van der Waals surface area contributed by atoms with Crippen molar-refractivity contribution in [2.45, 2.75) is 27.3 Å². The Morgan fingerprint density at radius 1 is 1.03 bits per heavy atom. The molecule has 3 aromatic rings. The quantitative estimate of drug-likeness (QED) is 0.694. The molecule has 1 aliphatic heterocycles. The van der Waals surface area contributed by atoms with E-state index in [0.717, 1.165) is 54.0 Å². The first-order valence-electron chi connectivity index (χ1n) is 9.99. The zero-order chi connectivity index (χ0) is 20.5. The van der Waals surface area contributed by atoms with Gasteiger partial charge in [-0.05, 0) is 68.3 Å². The topological polar surface area (TPSA) is 69.3 Å². The molecule has 2 heterocycles. The number of nitrogens with zero attached hydrogens (tertiary/aromatic N) is 3.